The summed E-state index contributed by atoms with van der Waals surface area (Å²) in [5.74, 6) is 0.485. The van der Waals surface area contributed by atoms with E-state index in [4.69, 9.17) is 4.74 Å². The maximum atomic E-state index is 11.5. The van der Waals surface area contributed by atoms with Gasteiger partial charge in [-0.05, 0) is 56.0 Å². The Morgan fingerprint density at radius 2 is 2.11 bits per heavy atom. The largest absolute Gasteiger partial charge is 0.457 e. The normalized spacial score (nSPS) is 19.7. The molecule has 0 aromatic heterocycles. The lowest BCUT2D eigenvalue weighted by molar-refractivity contribution is 0.0535. The Morgan fingerprint density at radius 3 is 2.89 bits per heavy atom. The number of cyclic esters (lactones) is 1. The summed E-state index contributed by atoms with van der Waals surface area (Å²) in [4.78, 5) is 11.5. The summed E-state index contributed by atoms with van der Waals surface area (Å²) in [6, 6.07) is 3.91. The third kappa shape index (κ3) is 2.43. The van der Waals surface area contributed by atoms with Crippen LogP contribution in [0.1, 0.15) is 39.9 Å². The second kappa shape index (κ2) is 5.17. The van der Waals surface area contributed by atoms with Crippen molar-refractivity contribution in [2.75, 3.05) is 13.1 Å². The molecular weight excluding hydrogens is 238 g/mol. The molecule has 100 valence electrons. The van der Waals surface area contributed by atoms with Gasteiger partial charge in [0, 0.05) is 5.56 Å². The predicted octanol–water partition coefficient (Wildman–Crippen LogP) is 2.68. The monoisotopic (exact) mass is 257 g/mol. The van der Waals surface area contributed by atoms with Crippen molar-refractivity contribution in [2.45, 2.75) is 26.4 Å². The first-order valence-electron chi connectivity index (χ1n) is 6.94. The zero-order valence-electron chi connectivity index (χ0n) is 11.2. The van der Waals surface area contributed by atoms with Gasteiger partial charge in [-0.15, -0.1) is 0 Å². The molecule has 3 heteroatoms. The molecule has 1 N–H and O–H groups in total. The maximum absolute atomic E-state index is 11.5. The summed E-state index contributed by atoms with van der Waals surface area (Å²) in [7, 11) is 0. The molecule has 0 spiro atoms. The molecule has 3 nitrogen and oxygen atoms in total. The molecule has 1 saturated heterocycles. The van der Waals surface area contributed by atoms with Crippen molar-refractivity contribution >= 4 is 12.0 Å². The average Bonchev–Trinajstić information content (AvgIpc) is 2.82. The number of carbonyl (C=O) groups excluding carboxylic acids is 1. The molecule has 1 aromatic rings. The van der Waals surface area contributed by atoms with Crippen molar-refractivity contribution in [2.24, 2.45) is 5.92 Å². The van der Waals surface area contributed by atoms with Crippen molar-refractivity contribution in [1.82, 2.24) is 5.32 Å². The van der Waals surface area contributed by atoms with Gasteiger partial charge >= 0.3 is 5.97 Å². The minimum absolute atomic E-state index is 0.188. The lowest BCUT2D eigenvalue weighted by Gasteiger charge is -2.19. The number of hydrogen-bond acceptors (Lipinski definition) is 3. The van der Waals surface area contributed by atoms with Crippen LogP contribution in [0.3, 0.4) is 0 Å². The van der Waals surface area contributed by atoms with Gasteiger partial charge in [-0.1, -0.05) is 18.2 Å². The van der Waals surface area contributed by atoms with Crippen LogP contribution in [0, 0.1) is 12.8 Å². The fourth-order valence-electron chi connectivity index (χ4n) is 2.82. The number of ether oxygens (including phenoxy) is 1. The zero-order chi connectivity index (χ0) is 13.2. The van der Waals surface area contributed by atoms with E-state index in [1.54, 1.807) is 0 Å². The molecule has 0 amide bonds. The first-order valence-corrected chi connectivity index (χ1v) is 6.94. The van der Waals surface area contributed by atoms with E-state index in [0.717, 1.165) is 24.2 Å². The van der Waals surface area contributed by atoms with E-state index in [0.29, 0.717) is 12.5 Å². The number of esters is 1. The van der Waals surface area contributed by atoms with Gasteiger partial charge in [0.15, 0.2) is 0 Å². The van der Waals surface area contributed by atoms with Gasteiger partial charge in [0.1, 0.15) is 6.61 Å². The Balaban J connectivity index is 1.82. The van der Waals surface area contributed by atoms with E-state index in [9.17, 15) is 4.79 Å². The van der Waals surface area contributed by atoms with Crippen molar-refractivity contribution < 1.29 is 9.53 Å². The molecule has 19 heavy (non-hydrogen) atoms. The van der Waals surface area contributed by atoms with Crippen LogP contribution in [-0.4, -0.2) is 19.1 Å². The number of piperidine rings is 1. The van der Waals surface area contributed by atoms with Gasteiger partial charge in [0.05, 0.1) is 5.56 Å². The van der Waals surface area contributed by atoms with Gasteiger partial charge in [0.25, 0.3) is 0 Å². The highest BCUT2D eigenvalue weighted by Gasteiger charge is 2.23. The minimum Gasteiger partial charge on any atom is -0.457 e. The predicted molar refractivity (Wildman–Crippen MR) is 74.9 cm³/mol. The lowest BCUT2D eigenvalue weighted by atomic mass is 9.94. The Morgan fingerprint density at radius 1 is 1.32 bits per heavy atom. The maximum Gasteiger partial charge on any atom is 0.338 e. The first kappa shape index (κ1) is 12.4. The highest BCUT2D eigenvalue weighted by atomic mass is 16.5. The zero-order valence-corrected chi connectivity index (χ0v) is 11.2. The molecular formula is C16H19NO2. The second-order valence-electron chi connectivity index (χ2n) is 5.33. The van der Waals surface area contributed by atoms with E-state index < -0.39 is 0 Å². The summed E-state index contributed by atoms with van der Waals surface area (Å²) >= 11 is 0. The summed E-state index contributed by atoms with van der Waals surface area (Å²) in [5.41, 5.74) is 4.16. The number of hydrogen-bond donors (Lipinski definition) is 1. The summed E-state index contributed by atoms with van der Waals surface area (Å²) in [5, 5.41) is 3.38. The van der Waals surface area contributed by atoms with Crippen LogP contribution >= 0.6 is 0 Å². The first-order chi connectivity index (χ1) is 9.25. The fraction of sp³-hybridized carbons (Fsp3) is 0.438. The third-order valence-electron chi connectivity index (χ3n) is 4.14. The Kier molecular flexibility index (Phi) is 3.38. The summed E-state index contributed by atoms with van der Waals surface area (Å²) < 4.78 is 5.08. The standard InChI is InChI=1S/C16H19NO2/c1-11-13(3-2-12-6-8-17-9-7-12)4-5-14-15(11)10-19-16(14)18/h2-5,12,17H,6-10H2,1H3. The van der Waals surface area contributed by atoms with Crippen molar-refractivity contribution in [3.8, 4) is 0 Å². The van der Waals surface area contributed by atoms with Crippen LogP contribution < -0.4 is 5.32 Å². The van der Waals surface area contributed by atoms with Crippen LogP contribution in [0.5, 0.6) is 0 Å². The van der Waals surface area contributed by atoms with E-state index in [-0.39, 0.29) is 5.97 Å². The number of carbonyl (C=O) groups is 1. The van der Waals surface area contributed by atoms with E-state index in [1.807, 2.05) is 12.1 Å². The average molecular weight is 257 g/mol. The Hall–Kier alpha value is -1.61. The van der Waals surface area contributed by atoms with Gasteiger partial charge in [-0.25, -0.2) is 4.79 Å². The van der Waals surface area contributed by atoms with Gasteiger partial charge in [0.2, 0.25) is 0 Å². The number of benzene rings is 1. The van der Waals surface area contributed by atoms with Gasteiger partial charge < -0.3 is 10.1 Å². The molecule has 0 bridgehead atoms. The van der Waals surface area contributed by atoms with Crippen molar-refractivity contribution in [3.05, 3.63) is 40.5 Å². The number of allylic oxidation sites excluding steroid dienone is 1. The Labute approximate surface area is 113 Å². The van der Waals surface area contributed by atoms with Crippen LogP contribution in [0.2, 0.25) is 0 Å². The smallest absolute Gasteiger partial charge is 0.338 e. The lowest BCUT2D eigenvalue weighted by Crippen LogP contribution is -2.26. The molecule has 0 saturated carbocycles. The van der Waals surface area contributed by atoms with Crippen LogP contribution in [-0.2, 0) is 11.3 Å². The quantitative estimate of drug-likeness (QED) is 0.828. The van der Waals surface area contributed by atoms with Crippen LogP contribution in [0.25, 0.3) is 6.08 Å². The van der Waals surface area contributed by atoms with Crippen LogP contribution in [0.15, 0.2) is 18.2 Å². The van der Waals surface area contributed by atoms with Gasteiger partial charge in [-0.3, -0.25) is 0 Å². The second-order valence-corrected chi connectivity index (χ2v) is 5.33. The molecule has 0 atom stereocenters. The molecule has 3 rings (SSSR count). The fourth-order valence-corrected chi connectivity index (χ4v) is 2.82. The number of fused-ring (bicyclic) bond motifs is 1. The highest BCUT2D eigenvalue weighted by molar-refractivity contribution is 5.94. The minimum atomic E-state index is -0.188. The summed E-state index contributed by atoms with van der Waals surface area (Å²) in [6.45, 7) is 4.72. The van der Waals surface area contributed by atoms with Crippen LogP contribution in [0.4, 0.5) is 0 Å². The SMILES string of the molecule is Cc1c(C=CC2CCNCC2)ccc2c1COC2=O. The van der Waals surface area contributed by atoms with Crippen molar-refractivity contribution in [3.63, 3.8) is 0 Å². The third-order valence-corrected chi connectivity index (χ3v) is 4.14. The molecule has 0 radical (unpaired) electrons. The molecule has 1 fully saturated rings. The Bertz CT molecular complexity index is 528. The molecule has 2 aliphatic rings. The topological polar surface area (TPSA) is 38.3 Å². The molecule has 2 heterocycles. The molecule has 1 aromatic carbocycles. The van der Waals surface area contributed by atoms with E-state index in [2.05, 4.69) is 24.4 Å². The number of rotatable bonds is 2. The van der Waals surface area contributed by atoms with E-state index >= 15 is 0 Å². The summed E-state index contributed by atoms with van der Waals surface area (Å²) in [6.07, 6.45) is 6.94. The number of nitrogens with one attached hydrogen (secondary N) is 1. The van der Waals surface area contributed by atoms with Crippen molar-refractivity contribution in [1.29, 1.82) is 0 Å². The molecule has 0 aliphatic carbocycles. The molecule has 0 unspecified atom stereocenters. The van der Waals surface area contributed by atoms with Gasteiger partial charge in [-0.2, -0.15) is 0 Å². The molecule has 2 aliphatic heterocycles. The highest BCUT2D eigenvalue weighted by Crippen LogP contribution is 2.27. The van der Waals surface area contributed by atoms with E-state index in [1.165, 1.54) is 24.0 Å².